The molecule has 0 aromatic heterocycles. The molecule has 2 nitrogen and oxygen atoms in total. The van der Waals surface area contributed by atoms with E-state index in [-0.39, 0.29) is 0 Å². The zero-order valence-electron chi connectivity index (χ0n) is 11.3. The summed E-state index contributed by atoms with van der Waals surface area (Å²) in [6, 6.07) is 0.575. The van der Waals surface area contributed by atoms with Gasteiger partial charge in [0.25, 0.3) is 0 Å². The van der Waals surface area contributed by atoms with Crippen LogP contribution in [0.15, 0.2) is 0 Å². The molecule has 0 spiro atoms. The highest BCUT2D eigenvalue weighted by Crippen LogP contribution is 2.24. The third kappa shape index (κ3) is 5.86. The first kappa shape index (κ1) is 14.0. The van der Waals surface area contributed by atoms with Crippen molar-refractivity contribution in [3.63, 3.8) is 0 Å². The number of nitrogens with one attached hydrogen (secondary N) is 1. The summed E-state index contributed by atoms with van der Waals surface area (Å²) in [5.74, 6) is 0.839. The van der Waals surface area contributed by atoms with Gasteiger partial charge >= 0.3 is 0 Å². The number of ether oxygens (including phenoxy) is 1. The fraction of sp³-hybridized carbons (Fsp3) is 1.00. The first-order valence-electron chi connectivity index (χ1n) is 7.07. The van der Waals surface area contributed by atoms with Gasteiger partial charge in [-0.15, -0.1) is 0 Å². The Morgan fingerprint density at radius 3 is 2.50 bits per heavy atom. The Hall–Kier alpha value is -0.0800. The van der Waals surface area contributed by atoms with E-state index >= 15 is 0 Å². The van der Waals surface area contributed by atoms with Gasteiger partial charge in [-0.1, -0.05) is 26.2 Å². The molecule has 1 saturated carbocycles. The zero-order chi connectivity index (χ0) is 11.8. The van der Waals surface area contributed by atoms with Crippen molar-refractivity contribution in [3.8, 4) is 0 Å². The summed E-state index contributed by atoms with van der Waals surface area (Å²) in [4.78, 5) is 0. The number of hydrogen-bond acceptors (Lipinski definition) is 2. The van der Waals surface area contributed by atoms with Crippen LogP contribution in [0, 0.1) is 5.92 Å². The molecule has 1 N–H and O–H groups in total. The lowest BCUT2D eigenvalue weighted by Crippen LogP contribution is -2.30. The quantitative estimate of drug-likeness (QED) is 0.720. The predicted octanol–water partition coefficient (Wildman–Crippen LogP) is 3.36. The highest BCUT2D eigenvalue weighted by atomic mass is 16.5. The van der Waals surface area contributed by atoms with Crippen LogP contribution >= 0.6 is 0 Å². The Kier molecular flexibility index (Phi) is 7.06. The van der Waals surface area contributed by atoms with Crippen LogP contribution in [0.25, 0.3) is 0 Å². The van der Waals surface area contributed by atoms with E-state index < -0.39 is 0 Å². The molecule has 1 fully saturated rings. The Balaban J connectivity index is 2.06. The van der Waals surface area contributed by atoms with E-state index in [2.05, 4.69) is 26.1 Å². The van der Waals surface area contributed by atoms with Gasteiger partial charge in [0.1, 0.15) is 0 Å². The molecule has 0 aromatic carbocycles. The molecule has 16 heavy (non-hydrogen) atoms. The van der Waals surface area contributed by atoms with E-state index in [4.69, 9.17) is 4.74 Å². The molecule has 2 heteroatoms. The van der Waals surface area contributed by atoms with Crippen LogP contribution in [0.4, 0.5) is 0 Å². The molecule has 2 atom stereocenters. The maximum Gasteiger partial charge on any atom is 0.0561 e. The third-order valence-corrected chi connectivity index (χ3v) is 3.58. The Morgan fingerprint density at radius 2 is 1.88 bits per heavy atom. The maximum absolute atomic E-state index is 5.96. The molecule has 0 aromatic rings. The standard InChI is InChI=1S/C14H29NO/c1-4-15-12(2)10-13(3)16-11-14-8-6-5-7-9-14/h12-15H,4-11H2,1-3H3. The number of hydrogen-bond donors (Lipinski definition) is 1. The summed E-state index contributed by atoms with van der Waals surface area (Å²) < 4.78 is 5.96. The van der Waals surface area contributed by atoms with Crippen molar-refractivity contribution in [2.75, 3.05) is 13.2 Å². The monoisotopic (exact) mass is 227 g/mol. The normalized spacial score (nSPS) is 21.9. The zero-order valence-corrected chi connectivity index (χ0v) is 11.3. The van der Waals surface area contributed by atoms with Gasteiger partial charge in [-0.25, -0.2) is 0 Å². The Morgan fingerprint density at radius 1 is 1.19 bits per heavy atom. The fourth-order valence-electron chi connectivity index (χ4n) is 2.65. The molecule has 96 valence electrons. The topological polar surface area (TPSA) is 21.3 Å². The van der Waals surface area contributed by atoms with E-state index in [1.54, 1.807) is 0 Å². The number of rotatable bonds is 7. The molecular weight excluding hydrogens is 198 g/mol. The molecule has 0 radical (unpaired) electrons. The van der Waals surface area contributed by atoms with Crippen molar-refractivity contribution in [1.82, 2.24) is 5.32 Å². The summed E-state index contributed by atoms with van der Waals surface area (Å²) in [5.41, 5.74) is 0. The van der Waals surface area contributed by atoms with Crippen molar-refractivity contribution >= 4 is 0 Å². The molecule has 1 aliphatic carbocycles. The van der Waals surface area contributed by atoms with E-state index in [1.165, 1.54) is 32.1 Å². The summed E-state index contributed by atoms with van der Waals surface area (Å²) >= 11 is 0. The van der Waals surface area contributed by atoms with Crippen LogP contribution < -0.4 is 5.32 Å². The van der Waals surface area contributed by atoms with E-state index in [9.17, 15) is 0 Å². The summed E-state index contributed by atoms with van der Waals surface area (Å²) in [5, 5.41) is 3.43. The van der Waals surface area contributed by atoms with Crippen LogP contribution in [0.3, 0.4) is 0 Å². The molecule has 0 bridgehead atoms. The van der Waals surface area contributed by atoms with Gasteiger partial charge < -0.3 is 10.1 Å². The molecule has 2 unspecified atom stereocenters. The van der Waals surface area contributed by atoms with Crippen molar-refractivity contribution in [1.29, 1.82) is 0 Å². The first-order valence-corrected chi connectivity index (χ1v) is 7.07. The van der Waals surface area contributed by atoms with Gasteiger partial charge in [-0.2, -0.15) is 0 Å². The molecule has 0 aliphatic heterocycles. The second kappa shape index (κ2) is 8.08. The molecular formula is C14H29NO. The summed E-state index contributed by atoms with van der Waals surface area (Å²) in [6.45, 7) is 8.64. The van der Waals surface area contributed by atoms with Crippen LogP contribution in [0.5, 0.6) is 0 Å². The lowest BCUT2D eigenvalue weighted by molar-refractivity contribution is 0.0223. The molecule has 0 heterocycles. The van der Waals surface area contributed by atoms with E-state index in [0.717, 1.165) is 25.5 Å². The van der Waals surface area contributed by atoms with Crippen molar-refractivity contribution in [3.05, 3.63) is 0 Å². The maximum atomic E-state index is 5.96. The molecule has 1 rings (SSSR count). The highest BCUT2D eigenvalue weighted by molar-refractivity contribution is 4.68. The lowest BCUT2D eigenvalue weighted by Gasteiger charge is -2.24. The van der Waals surface area contributed by atoms with Crippen LogP contribution in [-0.2, 0) is 4.74 Å². The average molecular weight is 227 g/mol. The minimum atomic E-state index is 0.399. The van der Waals surface area contributed by atoms with E-state index in [1.807, 2.05) is 0 Å². The predicted molar refractivity (Wildman–Crippen MR) is 69.7 cm³/mol. The lowest BCUT2D eigenvalue weighted by atomic mass is 9.90. The van der Waals surface area contributed by atoms with Crippen LogP contribution in [-0.4, -0.2) is 25.3 Å². The molecule has 0 amide bonds. The van der Waals surface area contributed by atoms with Crippen LogP contribution in [0.2, 0.25) is 0 Å². The van der Waals surface area contributed by atoms with Gasteiger partial charge in [0.15, 0.2) is 0 Å². The second-order valence-corrected chi connectivity index (χ2v) is 5.34. The minimum absolute atomic E-state index is 0.399. The van der Waals surface area contributed by atoms with Gasteiger partial charge in [0.2, 0.25) is 0 Å². The van der Waals surface area contributed by atoms with Gasteiger partial charge in [-0.05, 0) is 45.6 Å². The SMILES string of the molecule is CCNC(C)CC(C)OCC1CCCCC1. The smallest absolute Gasteiger partial charge is 0.0561 e. The Bertz CT molecular complexity index is 166. The van der Waals surface area contributed by atoms with Crippen LogP contribution in [0.1, 0.15) is 59.3 Å². The molecule has 1 aliphatic rings. The summed E-state index contributed by atoms with van der Waals surface area (Å²) in [6.07, 6.45) is 8.55. The van der Waals surface area contributed by atoms with Gasteiger partial charge in [0, 0.05) is 12.6 Å². The minimum Gasteiger partial charge on any atom is -0.378 e. The molecule has 0 saturated heterocycles. The van der Waals surface area contributed by atoms with Crippen molar-refractivity contribution < 1.29 is 4.74 Å². The first-order chi connectivity index (χ1) is 7.72. The largest absolute Gasteiger partial charge is 0.378 e. The van der Waals surface area contributed by atoms with E-state index in [0.29, 0.717) is 12.1 Å². The van der Waals surface area contributed by atoms with Crippen molar-refractivity contribution in [2.45, 2.75) is 71.4 Å². The van der Waals surface area contributed by atoms with Gasteiger partial charge in [-0.3, -0.25) is 0 Å². The fourth-order valence-corrected chi connectivity index (χ4v) is 2.65. The summed E-state index contributed by atoms with van der Waals surface area (Å²) in [7, 11) is 0. The van der Waals surface area contributed by atoms with Crippen molar-refractivity contribution in [2.24, 2.45) is 5.92 Å². The average Bonchev–Trinajstić information content (AvgIpc) is 2.28. The highest BCUT2D eigenvalue weighted by Gasteiger charge is 2.15. The third-order valence-electron chi connectivity index (χ3n) is 3.58. The van der Waals surface area contributed by atoms with Gasteiger partial charge in [0.05, 0.1) is 6.10 Å². The Labute approximate surface area is 101 Å². The second-order valence-electron chi connectivity index (χ2n) is 5.34.